The Bertz CT molecular complexity index is 102. The Labute approximate surface area is 69.5 Å². The maximum atomic E-state index is 5.61. The Balaban J connectivity index is 1.98. The van der Waals surface area contributed by atoms with Crippen LogP contribution in [0.2, 0.25) is 0 Å². The second-order valence-electron chi connectivity index (χ2n) is 3.58. The molecule has 0 aliphatic heterocycles. The van der Waals surface area contributed by atoms with Crippen LogP contribution in [0.1, 0.15) is 25.7 Å². The van der Waals surface area contributed by atoms with Gasteiger partial charge in [-0.1, -0.05) is 0 Å². The van der Waals surface area contributed by atoms with E-state index in [1.165, 1.54) is 25.7 Å². The molecule has 1 rings (SSSR count). The summed E-state index contributed by atoms with van der Waals surface area (Å²) in [5.41, 5.74) is 5.61. The van der Waals surface area contributed by atoms with E-state index in [-0.39, 0.29) is 0 Å². The lowest BCUT2D eigenvalue weighted by atomic mass is 9.71. The molecular formula is C9H20N2. The zero-order valence-corrected chi connectivity index (χ0v) is 7.47. The Morgan fingerprint density at radius 3 is 2.55 bits per heavy atom. The van der Waals surface area contributed by atoms with Gasteiger partial charge in [0.05, 0.1) is 0 Å². The summed E-state index contributed by atoms with van der Waals surface area (Å²) >= 11 is 0. The van der Waals surface area contributed by atoms with E-state index in [9.17, 15) is 0 Å². The zero-order valence-electron chi connectivity index (χ0n) is 7.47. The van der Waals surface area contributed by atoms with Crippen molar-refractivity contribution in [2.24, 2.45) is 17.6 Å². The Morgan fingerprint density at radius 1 is 1.36 bits per heavy atom. The molecule has 2 heteroatoms. The van der Waals surface area contributed by atoms with Gasteiger partial charge < -0.3 is 11.1 Å². The maximum Gasteiger partial charge on any atom is -0.00462 e. The van der Waals surface area contributed by atoms with Crippen LogP contribution in [0.25, 0.3) is 0 Å². The molecule has 0 heterocycles. The average molecular weight is 156 g/mol. The first-order chi connectivity index (χ1) is 5.38. The summed E-state index contributed by atoms with van der Waals surface area (Å²) in [6.07, 6.45) is 5.49. The summed E-state index contributed by atoms with van der Waals surface area (Å²) in [4.78, 5) is 0. The first-order valence-electron chi connectivity index (χ1n) is 4.73. The smallest absolute Gasteiger partial charge is 0.00462 e. The van der Waals surface area contributed by atoms with Crippen LogP contribution in [0.4, 0.5) is 0 Å². The number of hydrogen-bond acceptors (Lipinski definition) is 2. The molecule has 2 nitrogen and oxygen atoms in total. The minimum absolute atomic E-state index is 0.854. The molecule has 0 radical (unpaired) electrons. The fourth-order valence-electron chi connectivity index (χ4n) is 1.87. The van der Waals surface area contributed by atoms with Crippen molar-refractivity contribution in [2.45, 2.75) is 25.7 Å². The number of hydrogen-bond donors (Lipinski definition) is 2. The second-order valence-corrected chi connectivity index (χ2v) is 3.58. The lowest BCUT2D eigenvalue weighted by molar-refractivity contribution is 0.168. The summed E-state index contributed by atoms with van der Waals surface area (Å²) in [5, 5.41) is 3.17. The van der Waals surface area contributed by atoms with Crippen molar-refractivity contribution in [1.82, 2.24) is 5.32 Å². The summed E-state index contributed by atoms with van der Waals surface area (Å²) in [6, 6.07) is 0. The maximum absolute atomic E-state index is 5.61. The second kappa shape index (κ2) is 4.73. The minimum atomic E-state index is 0.854. The van der Waals surface area contributed by atoms with Gasteiger partial charge in [0.15, 0.2) is 0 Å². The van der Waals surface area contributed by atoms with Gasteiger partial charge in [-0.2, -0.15) is 0 Å². The van der Waals surface area contributed by atoms with Crippen LogP contribution in [-0.4, -0.2) is 20.1 Å². The van der Waals surface area contributed by atoms with Gasteiger partial charge in [-0.3, -0.25) is 0 Å². The van der Waals surface area contributed by atoms with E-state index >= 15 is 0 Å². The molecule has 2 atom stereocenters. The third kappa shape index (κ3) is 2.46. The summed E-state index contributed by atoms with van der Waals surface area (Å²) in [7, 11) is 2.02. The van der Waals surface area contributed by atoms with Gasteiger partial charge in [0.1, 0.15) is 0 Å². The van der Waals surface area contributed by atoms with Crippen LogP contribution in [0.3, 0.4) is 0 Å². The van der Waals surface area contributed by atoms with Gasteiger partial charge in [0.2, 0.25) is 0 Å². The van der Waals surface area contributed by atoms with Gasteiger partial charge in [-0.05, 0) is 57.7 Å². The van der Waals surface area contributed by atoms with E-state index in [0.29, 0.717) is 0 Å². The molecule has 3 N–H and O–H groups in total. The molecule has 11 heavy (non-hydrogen) atoms. The first kappa shape index (κ1) is 9.01. The van der Waals surface area contributed by atoms with E-state index < -0.39 is 0 Å². The van der Waals surface area contributed by atoms with Crippen molar-refractivity contribution in [3.8, 4) is 0 Å². The molecule has 0 saturated heterocycles. The van der Waals surface area contributed by atoms with Crippen LogP contribution in [0.15, 0.2) is 0 Å². The van der Waals surface area contributed by atoms with Crippen molar-refractivity contribution < 1.29 is 0 Å². The molecule has 1 fully saturated rings. The number of rotatable bonds is 5. The third-order valence-corrected chi connectivity index (χ3v) is 2.88. The topological polar surface area (TPSA) is 38.0 Å². The standard InChI is InChI=1S/C9H20N2/c1-11-6-2-3-8-4-5-9(8)7-10/h8-9,11H,2-7,10H2,1H3. The molecule has 66 valence electrons. The van der Waals surface area contributed by atoms with Crippen molar-refractivity contribution in [3.63, 3.8) is 0 Å². The van der Waals surface area contributed by atoms with Gasteiger partial charge >= 0.3 is 0 Å². The van der Waals surface area contributed by atoms with Crippen LogP contribution in [-0.2, 0) is 0 Å². The molecule has 0 aromatic rings. The van der Waals surface area contributed by atoms with Gasteiger partial charge in [0.25, 0.3) is 0 Å². The molecule has 2 unspecified atom stereocenters. The lowest BCUT2D eigenvalue weighted by Gasteiger charge is -2.35. The van der Waals surface area contributed by atoms with Gasteiger partial charge in [-0.15, -0.1) is 0 Å². The Kier molecular flexibility index (Phi) is 3.87. The Hall–Kier alpha value is -0.0800. The van der Waals surface area contributed by atoms with Crippen LogP contribution >= 0.6 is 0 Å². The summed E-state index contributed by atoms with van der Waals surface area (Å²) in [5.74, 6) is 1.81. The highest BCUT2D eigenvalue weighted by Gasteiger charge is 2.28. The van der Waals surface area contributed by atoms with E-state index in [1.807, 2.05) is 7.05 Å². The molecule has 1 aliphatic rings. The lowest BCUT2D eigenvalue weighted by Crippen LogP contribution is -2.32. The summed E-state index contributed by atoms with van der Waals surface area (Å²) in [6.45, 7) is 2.07. The predicted octanol–water partition coefficient (Wildman–Crippen LogP) is 0.971. The minimum Gasteiger partial charge on any atom is -0.330 e. The molecule has 1 saturated carbocycles. The van der Waals surface area contributed by atoms with E-state index in [1.54, 1.807) is 0 Å². The predicted molar refractivity (Wildman–Crippen MR) is 48.4 cm³/mol. The number of nitrogens with two attached hydrogens (primary N) is 1. The van der Waals surface area contributed by atoms with Crippen LogP contribution in [0.5, 0.6) is 0 Å². The highest BCUT2D eigenvalue weighted by Crippen LogP contribution is 2.36. The van der Waals surface area contributed by atoms with Crippen molar-refractivity contribution in [3.05, 3.63) is 0 Å². The normalized spacial score (nSPS) is 30.0. The fourth-order valence-corrected chi connectivity index (χ4v) is 1.87. The van der Waals surface area contributed by atoms with Crippen molar-refractivity contribution in [1.29, 1.82) is 0 Å². The average Bonchev–Trinajstić information content (AvgIpc) is 1.97. The molecule has 0 bridgehead atoms. The quantitative estimate of drug-likeness (QED) is 0.582. The van der Waals surface area contributed by atoms with Crippen molar-refractivity contribution in [2.75, 3.05) is 20.1 Å². The number of nitrogens with one attached hydrogen (secondary N) is 1. The van der Waals surface area contributed by atoms with Gasteiger partial charge in [0, 0.05) is 0 Å². The van der Waals surface area contributed by atoms with Gasteiger partial charge in [-0.25, -0.2) is 0 Å². The van der Waals surface area contributed by atoms with E-state index in [0.717, 1.165) is 24.9 Å². The van der Waals surface area contributed by atoms with Crippen molar-refractivity contribution >= 4 is 0 Å². The molecule has 0 spiro atoms. The molecule has 0 aromatic carbocycles. The monoisotopic (exact) mass is 156 g/mol. The van der Waals surface area contributed by atoms with E-state index in [2.05, 4.69) is 5.32 Å². The van der Waals surface area contributed by atoms with E-state index in [4.69, 9.17) is 5.73 Å². The SMILES string of the molecule is CNCCCC1CCC1CN. The molecule has 0 aromatic heterocycles. The van der Waals surface area contributed by atoms with Crippen LogP contribution < -0.4 is 11.1 Å². The Morgan fingerprint density at radius 2 is 2.09 bits per heavy atom. The zero-order chi connectivity index (χ0) is 8.10. The highest BCUT2D eigenvalue weighted by atomic mass is 14.8. The van der Waals surface area contributed by atoms with Crippen LogP contribution in [0, 0.1) is 11.8 Å². The highest BCUT2D eigenvalue weighted by molar-refractivity contribution is 4.81. The largest absolute Gasteiger partial charge is 0.330 e. The fraction of sp³-hybridized carbons (Fsp3) is 1.00. The summed E-state index contributed by atoms with van der Waals surface area (Å²) < 4.78 is 0. The third-order valence-electron chi connectivity index (χ3n) is 2.88. The first-order valence-corrected chi connectivity index (χ1v) is 4.73. The molecule has 1 aliphatic carbocycles. The molecular weight excluding hydrogens is 136 g/mol. The molecule has 0 amide bonds.